The van der Waals surface area contributed by atoms with Gasteiger partial charge in [-0.2, -0.15) is 0 Å². The number of para-hydroxylation sites is 1. The van der Waals surface area contributed by atoms with E-state index in [9.17, 15) is 9.59 Å². The van der Waals surface area contributed by atoms with Gasteiger partial charge in [-0.25, -0.2) is 0 Å². The number of carbonyl (C=O) groups is 2. The van der Waals surface area contributed by atoms with Gasteiger partial charge < -0.3 is 10.6 Å². The number of hydrogen-bond acceptors (Lipinski definition) is 2. The van der Waals surface area contributed by atoms with E-state index in [0.29, 0.717) is 12.1 Å². The van der Waals surface area contributed by atoms with Gasteiger partial charge in [0, 0.05) is 12.7 Å². The van der Waals surface area contributed by atoms with Crippen molar-refractivity contribution in [2.75, 3.05) is 12.4 Å². The summed E-state index contributed by atoms with van der Waals surface area (Å²) < 4.78 is 0. The predicted octanol–water partition coefficient (Wildman–Crippen LogP) is 2.09. The Kier molecular flexibility index (Phi) is 5.85. The molecule has 5 heteroatoms. The summed E-state index contributed by atoms with van der Waals surface area (Å²) in [5.41, 5.74) is 1.49. The molecule has 0 aliphatic carbocycles. The summed E-state index contributed by atoms with van der Waals surface area (Å²) in [7, 11) is 1.59. The third-order valence-electron chi connectivity index (χ3n) is 2.55. The van der Waals surface area contributed by atoms with Crippen LogP contribution in [0.4, 0.5) is 5.69 Å². The van der Waals surface area contributed by atoms with Crippen molar-refractivity contribution in [3.63, 3.8) is 0 Å². The molecule has 1 atom stereocenters. The molecule has 1 aromatic rings. The summed E-state index contributed by atoms with van der Waals surface area (Å²) in [6.45, 7) is 1.93. The first-order valence-electron chi connectivity index (χ1n) is 5.81. The zero-order valence-electron chi connectivity index (χ0n) is 10.5. The molecule has 0 radical (unpaired) electrons. The molecule has 0 aromatic heterocycles. The largest absolute Gasteiger partial charge is 0.359 e. The van der Waals surface area contributed by atoms with Gasteiger partial charge in [0.05, 0.1) is 11.2 Å². The first kappa shape index (κ1) is 14.7. The summed E-state index contributed by atoms with van der Waals surface area (Å²) in [6.07, 6.45) is 0.968. The minimum atomic E-state index is -0.217. The number of likely N-dealkylation sites (N-methyl/N-ethyl adjacent to an activating group) is 1. The Morgan fingerprint density at radius 2 is 2.00 bits per heavy atom. The van der Waals surface area contributed by atoms with Gasteiger partial charge in [0.25, 0.3) is 0 Å². The third-order valence-corrected chi connectivity index (χ3v) is 3.61. The molecule has 0 fully saturated rings. The quantitative estimate of drug-likeness (QED) is 0.818. The second-order valence-corrected chi connectivity index (χ2v) is 4.98. The van der Waals surface area contributed by atoms with Gasteiger partial charge in [0.1, 0.15) is 0 Å². The van der Waals surface area contributed by atoms with Crippen molar-refractivity contribution in [2.24, 2.45) is 0 Å². The molecule has 1 unspecified atom stereocenters. The van der Waals surface area contributed by atoms with Crippen molar-refractivity contribution >= 4 is 33.4 Å². The van der Waals surface area contributed by atoms with Crippen molar-refractivity contribution in [3.8, 4) is 0 Å². The van der Waals surface area contributed by atoms with E-state index < -0.39 is 0 Å². The summed E-state index contributed by atoms with van der Waals surface area (Å²) in [4.78, 5) is 23.0. The maximum absolute atomic E-state index is 11.8. The van der Waals surface area contributed by atoms with Crippen LogP contribution in [0.25, 0.3) is 0 Å². The van der Waals surface area contributed by atoms with E-state index >= 15 is 0 Å². The molecular weight excluding hydrogens is 296 g/mol. The van der Waals surface area contributed by atoms with Gasteiger partial charge in [-0.15, -0.1) is 0 Å². The zero-order valence-corrected chi connectivity index (χ0v) is 12.1. The summed E-state index contributed by atoms with van der Waals surface area (Å²) in [5.74, 6) is -0.176. The van der Waals surface area contributed by atoms with Crippen molar-refractivity contribution in [1.82, 2.24) is 5.32 Å². The summed E-state index contributed by atoms with van der Waals surface area (Å²) >= 11 is 3.30. The lowest BCUT2D eigenvalue weighted by Gasteiger charge is -2.12. The number of rotatable bonds is 5. The lowest BCUT2D eigenvalue weighted by Crippen LogP contribution is -2.24. The zero-order chi connectivity index (χ0) is 13.5. The van der Waals surface area contributed by atoms with E-state index in [1.165, 1.54) is 0 Å². The van der Waals surface area contributed by atoms with E-state index in [1.54, 1.807) is 13.1 Å². The third kappa shape index (κ3) is 4.14. The number of nitrogens with one attached hydrogen (secondary N) is 2. The highest BCUT2D eigenvalue weighted by atomic mass is 79.9. The Morgan fingerprint density at radius 3 is 2.61 bits per heavy atom. The van der Waals surface area contributed by atoms with Crippen LogP contribution in [0.2, 0.25) is 0 Å². The molecule has 18 heavy (non-hydrogen) atoms. The molecule has 98 valence electrons. The van der Waals surface area contributed by atoms with Crippen LogP contribution >= 0.6 is 15.9 Å². The van der Waals surface area contributed by atoms with Gasteiger partial charge in [-0.05, 0) is 18.1 Å². The first-order valence-corrected chi connectivity index (χ1v) is 6.73. The molecule has 4 nitrogen and oxygen atoms in total. The first-order chi connectivity index (χ1) is 8.58. The smallest absolute Gasteiger partial charge is 0.238 e. The van der Waals surface area contributed by atoms with Crippen LogP contribution < -0.4 is 10.6 Å². The molecule has 0 saturated carbocycles. The van der Waals surface area contributed by atoms with Gasteiger partial charge in [0.15, 0.2) is 0 Å². The Morgan fingerprint density at radius 1 is 1.33 bits per heavy atom. The Labute approximate surface area is 115 Å². The van der Waals surface area contributed by atoms with Crippen LogP contribution in [0.15, 0.2) is 24.3 Å². The Bertz CT molecular complexity index is 435. The molecule has 0 bridgehead atoms. The maximum Gasteiger partial charge on any atom is 0.238 e. The predicted molar refractivity (Wildman–Crippen MR) is 75.8 cm³/mol. The Hall–Kier alpha value is -1.36. The highest BCUT2D eigenvalue weighted by molar-refractivity contribution is 9.10. The SMILES string of the molecule is CCC(Br)C(=O)Nc1ccccc1CC(=O)NC. The molecule has 0 saturated heterocycles. The number of carbonyl (C=O) groups excluding carboxylic acids is 2. The molecule has 0 aliphatic rings. The molecule has 2 amide bonds. The average Bonchev–Trinajstić information content (AvgIpc) is 2.39. The number of amides is 2. The fraction of sp³-hybridized carbons (Fsp3) is 0.385. The van der Waals surface area contributed by atoms with Crippen LogP contribution in [0.3, 0.4) is 0 Å². The van der Waals surface area contributed by atoms with Crippen molar-refractivity contribution < 1.29 is 9.59 Å². The normalized spacial score (nSPS) is 11.7. The standard InChI is InChI=1S/C13H17BrN2O2/c1-3-10(14)13(18)16-11-7-5-4-6-9(11)8-12(17)15-2/h4-7,10H,3,8H2,1-2H3,(H,15,17)(H,16,18). The van der Waals surface area contributed by atoms with Crippen molar-refractivity contribution in [1.29, 1.82) is 0 Å². The van der Waals surface area contributed by atoms with E-state index in [4.69, 9.17) is 0 Å². The van der Waals surface area contributed by atoms with E-state index in [1.807, 2.05) is 25.1 Å². The lowest BCUT2D eigenvalue weighted by molar-refractivity contribution is -0.120. The Balaban J connectivity index is 2.82. The number of anilines is 1. The number of benzene rings is 1. The van der Waals surface area contributed by atoms with E-state index in [-0.39, 0.29) is 23.1 Å². The van der Waals surface area contributed by atoms with Crippen LogP contribution in [0.1, 0.15) is 18.9 Å². The second kappa shape index (κ2) is 7.16. The van der Waals surface area contributed by atoms with Gasteiger partial charge in [-0.3, -0.25) is 9.59 Å². The lowest BCUT2D eigenvalue weighted by atomic mass is 10.1. The fourth-order valence-corrected chi connectivity index (χ4v) is 1.57. The summed E-state index contributed by atoms with van der Waals surface area (Å²) in [6, 6.07) is 7.31. The molecule has 0 spiro atoms. The number of alkyl halides is 1. The molecule has 2 N–H and O–H groups in total. The van der Waals surface area contributed by atoms with Crippen molar-refractivity contribution in [2.45, 2.75) is 24.6 Å². The van der Waals surface area contributed by atoms with E-state index in [0.717, 1.165) is 5.56 Å². The molecule has 1 aromatic carbocycles. The minimum absolute atomic E-state index is 0.0809. The second-order valence-electron chi connectivity index (χ2n) is 3.87. The molecule has 0 aliphatic heterocycles. The van der Waals surface area contributed by atoms with Gasteiger partial charge in [0.2, 0.25) is 11.8 Å². The minimum Gasteiger partial charge on any atom is -0.359 e. The molecular formula is C13H17BrN2O2. The topological polar surface area (TPSA) is 58.2 Å². The highest BCUT2D eigenvalue weighted by Crippen LogP contribution is 2.17. The van der Waals surface area contributed by atoms with Crippen LogP contribution in [0.5, 0.6) is 0 Å². The number of hydrogen-bond donors (Lipinski definition) is 2. The summed E-state index contributed by atoms with van der Waals surface area (Å²) in [5, 5.41) is 5.39. The van der Waals surface area contributed by atoms with Gasteiger partial charge in [-0.1, -0.05) is 41.1 Å². The van der Waals surface area contributed by atoms with Crippen LogP contribution in [-0.4, -0.2) is 23.7 Å². The van der Waals surface area contributed by atoms with Gasteiger partial charge >= 0.3 is 0 Å². The maximum atomic E-state index is 11.8. The number of halogens is 1. The van der Waals surface area contributed by atoms with Crippen LogP contribution in [0, 0.1) is 0 Å². The highest BCUT2D eigenvalue weighted by Gasteiger charge is 2.14. The average molecular weight is 313 g/mol. The molecule has 0 heterocycles. The molecule has 1 rings (SSSR count). The van der Waals surface area contributed by atoms with Crippen LogP contribution in [-0.2, 0) is 16.0 Å². The van der Waals surface area contributed by atoms with Crippen molar-refractivity contribution in [3.05, 3.63) is 29.8 Å². The fourth-order valence-electron chi connectivity index (χ4n) is 1.45. The van der Waals surface area contributed by atoms with E-state index in [2.05, 4.69) is 26.6 Å². The monoisotopic (exact) mass is 312 g/mol.